The minimum absolute atomic E-state index is 0.0131. The molecule has 0 saturated carbocycles. The Bertz CT molecular complexity index is 691. The minimum Gasteiger partial charge on any atom is -0.508 e. The number of sulfone groups is 1. The van der Waals surface area contributed by atoms with Gasteiger partial charge in [0.25, 0.3) is 0 Å². The second kappa shape index (κ2) is 4.94. The van der Waals surface area contributed by atoms with E-state index in [1.165, 1.54) is 24.3 Å². The van der Waals surface area contributed by atoms with Crippen LogP contribution in [0.2, 0.25) is 0 Å². The summed E-state index contributed by atoms with van der Waals surface area (Å²) in [5.74, 6) is 0.0482. The number of hydrogen-bond acceptors (Lipinski definition) is 3. The fourth-order valence-electron chi connectivity index (χ4n) is 1.90. The van der Waals surface area contributed by atoms with Crippen LogP contribution in [0.4, 0.5) is 0 Å². The van der Waals surface area contributed by atoms with Gasteiger partial charge < -0.3 is 5.11 Å². The number of phenolic OH excluding ortho intramolecular Hbond substituents is 1. The molecule has 20 heavy (non-hydrogen) atoms. The molecule has 0 amide bonds. The molecule has 2 aromatic carbocycles. The van der Waals surface area contributed by atoms with Crippen molar-refractivity contribution in [3.63, 3.8) is 0 Å². The van der Waals surface area contributed by atoms with E-state index in [-0.39, 0.29) is 21.0 Å². The molecule has 0 aliphatic rings. The Labute approximate surface area is 119 Å². The van der Waals surface area contributed by atoms with E-state index in [4.69, 9.17) is 0 Å². The summed E-state index contributed by atoms with van der Waals surface area (Å²) in [6.45, 7) is 6.24. The molecule has 0 unspecified atom stereocenters. The number of phenols is 1. The predicted octanol–water partition coefficient (Wildman–Crippen LogP) is 3.52. The Kier molecular flexibility index (Phi) is 3.61. The van der Waals surface area contributed by atoms with Crippen molar-refractivity contribution in [3.05, 3.63) is 54.1 Å². The first kappa shape index (κ1) is 14.6. The lowest BCUT2D eigenvalue weighted by Gasteiger charge is -2.19. The number of rotatable bonds is 2. The summed E-state index contributed by atoms with van der Waals surface area (Å²) in [7, 11) is -3.53. The maximum atomic E-state index is 12.4. The predicted molar refractivity (Wildman–Crippen MR) is 78.7 cm³/mol. The average molecular weight is 290 g/mol. The number of benzene rings is 2. The highest BCUT2D eigenvalue weighted by molar-refractivity contribution is 7.91. The molecule has 0 bridgehead atoms. The van der Waals surface area contributed by atoms with Crippen LogP contribution in [0.3, 0.4) is 0 Å². The van der Waals surface area contributed by atoms with Crippen LogP contribution in [0, 0.1) is 0 Å². The van der Waals surface area contributed by atoms with Crippen molar-refractivity contribution in [2.24, 2.45) is 0 Å². The summed E-state index contributed by atoms with van der Waals surface area (Å²) in [6.07, 6.45) is 0. The SMILES string of the molecule is CC(C)(C)c1ccc(S(=O)(=O)c2ccc(O)cc2)cc1. The van der Waals surface area contributed by atoms with E-state index >= 15 is 0 Å². The molecule has 1 N–H and O–H groups in total. The van der Waals surface area contributed by atoms with Gasteiger partial charge in [0.05, 0.1) is 9.79 Å². The van der Waals surface area contributed by atoms with E-state index < -0.39 is 9.84 Å². The fraction of sp³-hybridized carbons (Fsp3) is 0.250. The third-order valence-corrected chi connectivity index (χ3v) is 4.96. The molecule has 0 saturated heterocycles. The van der Waals surface area contributed by atoms with E-state index in [1.807, 2.05) is 12.1 Å². The lowest BCUT2D eigenvalue weighted by atomic mass is 9.87. The van der Waals surface area contributed by atoms with Crippen molar-refractivity contribution < 1.29 is 13.5 Å². The maximum Gasteiger partial charge on any atom is 0.206 e. The van der Waals surface area contributed by atoms with Crippen LogP contribution in [0.5, 0.6) is 5.75 Å². The molecule has 4 heteroatoms. The summed E-state index contributed by atoms with van der Waals surface area (Å²) < 4.78 is 24.8. The van der Waals surface area contributed by atoms with Gasteiger partial charge in [0.1, 0.15) is 5.75 Å². The van der Waals surface area contributed by atoms with Crippen molar-refractivity contribution in [3.8, 4) is 5.75 Å². The number of hydrogen-bond donors (Lipinski definition) is 1. The minimum atomic E-state index is -3.53. The molecule has 106 valence electrons. The molecule has 0 fully saturated rings. The standard InChI is InChI=1S/C16H18O3S/c1-16(2,3)12-4-8-14(9-5-12)20(18,19)15-10-6-13(17)7-11-15/h4-11,17H,1-3H3. The van der Waals surface area contributed by atoms with Gasteiger partial charge in [0, 0.05) is 0 Å². The molecule has 0 spiro atoms. The van der Waals surface area contributed by atoms with Crippen LogP contribution in [-0.4, -0.2) is 13.5 Å². The molecule has 0 aliphatic carbocycles. The summed E-state index contributed by atoms with van der Waals surface area (Å²) >= 11 is 0. The Morgan fingerprint density at radius 3 is 1.60 bits per heavy atom. The van der Waals surface area contributed by atoms with E-state index in [9.17, 15) is 13.5 Å². The van der Waals surface area contributed by atoms with Gasteiger partial charge >= 0.3 is 0 Å². The zero-order chi connectivity index (χ0) is 15.0. The van der Waals surface area contributed by atoms with Gasteiger partial charge in [0.15, 0.2) is 0 Å². The van der Waals surface area contributed by atoms with Crippen molar-refractivity contribution in [1.82, 2.24) is 0 Å². The third-order valence-electron chi connectivity index (χ3n) is 3.18. The molecular weight excluding hydrogens is 272 g/mol. The van der Waals surface area contributed by atoms with E-state index in [0.29, 0.717) is 0 Å². The summed E-state index contributed by atoms with van der Waals surface area (Å²) in [5, 5.41) is 9.22. The maximum absolute atomic E-state index is 12.4. The quantitative estimate of drug-likeness (QED) is 0.920. The van der Waals surface area contributed by atoms with Crippen LogP contribution in [-0.2, 0) is 15.3 Å². The lowest BCUT2D eigenvalue weighted by Crippen LogP contribution is -2.11. The molecule has 0 heterocycles. The fourth-order valence-corrected chi connectivity index (χ4v) is 3.16. The number of aromatic hydroxyl groups is 1. The Hall–Kier alpha value is -1.81. The zero-order valence-electron chi connectivity index (χ0n) is 11.8. The van der Waals surface area contributed by atoms with Gasteiger partial charge in [-0.2, -0.15) is 0 Å². The van der Waals surface area contributed by atoms with Gasteiger partial charge in [-0.05, 0) is 47.4 Å². The van der Waals surface area contributed by atoms with Crippen LogP contribution >= 0.6 is 0 Å². The molecule has 3 nitrogen and oxygen atoms in total. The van der Waals surface area contributed by atoms with Crippen molar-refractivity contribution >= 4 is 9.84 Å². The lowest BCUT2D eigenvalue weighted by molar-refractivity contribution is 0.475. The molecule has 0 atom stereocenters. The zero-order valence-corrected chi connectivity index (χ0v) is 12.6. The topological polar surface area (TPSA) is 54.4 Å². The molecular formula is C16H18O3S. The van der Waals surface area contributed by atoms with E-state index in [0.717, 1.165) is 5.56 Å². The molecule has 0 aromatic heterocycles. The summed E-state index contributed by atoms with van der Waals surface area (Å²) in [4.78, 5) is 0.440. The van der Waals surface area contributed by atoms with Gasteiger partial charge in [0.2, 0.25) is 9.84 Å². The second-order valence-electron chi connectivity index (χ2n) is 5.77. The molecule has 2 aromatic rings. The van der Waals surface area contributed by atoms with Gasteiger partial charge in [-0.1, -0.05) is 32.9 Å². The van der Waals surface area contributed by atoms with Crippen LogP contribution in [0.15, 0.2) is 58.3 Å². The monoisotopic (exact) mass is 290 g/mol. The Morgan fingerprint density at radius 1 is 0.800 bits per heavy atom. The molecule has 0 radical (unpaired) electrons. The van der Waals surface area contributed by atoms with Gasteiger partial charge in [-0.3, -0.25) is 0 Å². The van der Waals surface area contributed by atoms with Crippen molar-refractivity contribution in [2.45, 2.75) is 36.0 Å². The summed E-state index contributed by atoms with van der Waals surface area (Å²) in [6, 6.07) is 12.5. The molecule has 0 aliphatic heterocycles. The normalized spacial score (nSPS) is 12.3. The van der Waals surface area contributed by atoms with Crippen LogP contribution in [0.1, 0.15) is 26.3 Å². The van der Waals surface area contributed by atoms with E-state index in [1.54, 1.807) is 12.1 Å². The van der Waals surface area contributed by atoms with Gasteiger partial charge in [-0.25, -0.2) is 8.42 Å². The Morgan fingerprint density at radius 2 is 1.20 bits per heavy atom. The molecule has 2 rings (SSSR count). The summed E-state index contributed by atoms with van der Waals surface area (Å²) in [5.41, 5.74) is 1.07. The average Bonchev–Trinajstić information content (AvgIpc) is 2.38. The van der Waals surface area contributed by atoms with Crippen LogP contribution < -0.4 is 0 Å². The first-order valence-electron chi connectivity index (χ1n) is 6.36. The third kappa shape index (κ3) is 2.85. The van der Waals surface area contributed by atoms with Crippen LogP contribution in [0.25, 0.3) is 0 Å². The second-order valence-corrected chi connectivity index (χ2v) is 7.72. The largest absolute Gasteiger partial charge is 0.508 e. The highest BCUT2D eigenvalue weighted by atomic mass is 32.2. The first-order chi connectivity index (χ1) is 9.21. The highest BCUT2D eigenvalue weighted by Crippen LogP contribution is 2.26. The Balaban J connectivity index is 2.42. The highest BCUT2D eigenvalue weighted by Gasteiger charge is 2.19. The van der Waals surface area contributed by atoms with Crippen molar-refractivity contribution in [2.75, 3.05) is 0 Å². The van der Waals surface area contributed by atoms with E-state index in [2.05, 4.69) is 20.8 Å². The first-order valence-corrected chi connectivity index (χ1v) is 7.84. The van der Waals surface area contributed by atoms with Crippen molar-refractivity contribution in [1.29, 1.82) is 0 Å². The van der Waals surface area contributed by atoms with Gasteiger partial charge in [-0.15, -0.1) is 0 Å². The smallest absolute Gasteiger partial charge is 0.206 e.